The van der Waals surface area contributed by atoms with E-state index in [2.05, 4.69) is 13.5 Å². The molecular formula is C44H87NO8P+. The van der Waals surface area contributed by atoms with Gasteiger partial charge in [-0.15, -0.1) is 6.58 Å². The fourth-order valence-corrected chi connectivity index (χ4v) is 7.15. The van der Waals surface area contributed by atoms with Crippen LogP contribution in [-0.4, -0.2) is 74.9 Å². The van der Waals surface area contributed by atoms with Gasteiger partial charge in [0.05, 0.1) is 27.7 Å². The third-order valence-corrected chi connectivity index (χ3v) is 10.9. The molecule has 0 bridgehead atoms. The lowest BCUT2D eigenvalue weighted by Crippen LogP contribution is -2.37. The SMILES string of the molecule is C=CCCCCCCCCCCCCCCCC(=O)O[C@H](COC(=O)CCCCCCCCCCCCCCCCC)COP(=O)(O)OCC[N+](C)(C)C. The van der Waals surface area contributed by atoms with Crippen molar-refractivity contribution in [2.45, 2.75) is 212 Å². The molecule has 54 heavy (non-hydrogen) atoms. The van der Waals surface area contributed by atoms with Gasteiger partial charge in [-0.3, -0.25) is 18.6 Å². The number of unbranched alkanes of at least 4 members (excludes halogenated alkanes) is 27. The maximum atomic E-state index is 12.7. The molecule has 0 radical (unpaired) electrons. The molecule has 0 spiro atoms. The predicted molar refractivity (Wildman–Crippen MR) is 224 cm³/mol. The zero-order valence-corrected chi connectivity index (χ0v) is 36.7. The molecule has 0 fully saturated rings. The molecule has 1 unspecified atom stereocenters. The van der Waals surface area contributed by atoms with Crippen molar-refractivity contribution in [3.05, 3.63) is 12.7 Å². The summed E-state index contributed by atoms with van der Waals surface area (Å²) < 4.78 is 34.3. The summed E-state index contributed by atoms with van der Waals surface area (Å²) in [4.78, 5) is 35.4. The van der Waals surface area contributed by atoms with Gasteiger partial charge in [0.2, 0.25) is 0 Å². The summed E-state index contributed by atoms with van der Waals surface area (Å²) in [5.41, 5.74) is 0. The van der Waals surface area contributed by atoms with Crippen LogP contribution < -0.4 is 0 Å². The van der Waals surface area contributed by atoms with Crippen molar-refractivity contribution in [3.63, 3.8) is 0 Å². The highest BCUT2D eigenvalue weighted by atomic mass is 31.2. The Morgan fingerprint density at radius 1 is 0.593 bits per heavy atom. The smallest absolute Gasteiger partial charge is 0.462 e. The van der Waals surface area contributed by atoms with Crippen LogP contribution >= 0.6 is 7.82 Å². The minimum Gasteiger partial charge on any atom is -0.462 e. The van der Waals surface area contributed by atoms with Gasteiger partial charge in [0.1, 0.15) is 19.8 Å². The molecule has 10 heteroatoms. The van der Waals surface area contributed by atoms with Crippen molar-refractivity contribution < 1.29 is 42.1 Å². The van der Waals surface area contributed by atoms with Gasteiger partial charge < -0.3 is 18.9 Å². The molecular weight excluding hydrogens is 701 g/mol. The van der Waals surface area contributed by atoms with E-state index in [1.807, 2.05) is 27.2 Å². The van der Waals surface area contributed by atoms with Crippen LogP contribution in [0.1, 0.15) is 206 Å². The molecule has 0 aromatic carbocycles. The molecule has 0 rings (SSSR count). The molecule has 9 nitrogen and oxygen atoms in total. The lowest BCUT2D eigenvalue weighted by atomic mass is 10.0. The van der Waals surface area contributed by atoms with E-state index in [0.717, 1.165) is 38.5 Å². The van der Waals surface area contributed by atoms with Crippen LogP contribution in [0, 0.1) is 0 Å². The van der Waals surface area contributed by atoms with Crippen LogP contribution in [0.25, 0.3) is 0 Å². The molecule has 0 aliphatic carbocycles. The Hall–Kier alpha value is -1.25. The van der Waals surface area contributed by atoms with E-state index in [9.17, 15) is 19.0 Å². The van der Waals surface area contributed by atoms with Crippen LogP contribution in [0.5, 0.6) is 0 Å². The first-order valence-corrected chi connectivity index (χ1v) is 23.9. The van der Waals surface area contributed by atoms with Crippen molar-refractivity contribution in [1.82, 2.24) is 0 Å². The number of quaternary nitrogens is 1. The summed E-state index contributed by atoms with van der Waals surface area (Å²) in [5.74, 6) is -0.790. The summed E-state index contributed by atoms with van der Waals surface area (Å²) in [6.45, 7) is 5.97. The van der Waals surface area contributed by atoms with Crippen LogP contribution in [0.3, 0.4) is 0 Å². The van der Waals surface area contributed by atoms with Crippen LogP contribution in [0.15, 0.2) is 12.7 Å². The monoisotopic (exact) mass is 789 g/mol. The van der Waals surface area contributed by atoms with E-state index in [1.165, 1.54) is 141 Å². The number of nitrogens with zero attached hydrogens (tertiary/aromatic N) is 1. The van der Waals surface area contributed by atoms with Gasteiger partial charge in [0.15, 0.2) is 6.10 Å². The number of rotatable bonds is 42. The Balaban J connectivity index is 4.30. The molecule has 0 aliphatic heterocycles. The highest BCUT2D eigenvalue weighted by Crippen LogP contribution is 2.43. The average molecular weight is 789 g/mol. The third kappa shape index (κ3) is 40.4. The third-order valence-electron chi connectivity index (χ3n) is 9.94. The van der Waals surface area contributed by atoms with E-state index < -0.39 is 26.5 Å². The van der Waals surface area contributed by atoms with Gasteiger partial charge >= 0.3 is 19.8 Å². The zero-order chi connectivity index (χ0) is 40.0. The Morgan fingerprint density at radius 2 is 0.981 bits per heavy atom. The predicted octanol–water partition coefficient (Wildman–Crippen LogP) is 12.6. The van der Waals surface area contributed by atoms with Crippen molar-refractivity contribution in [1.29, 1.82) is 0 Å². The molecule has 1 N–H and O–H groups in total. The highest BCUT2D eigenvalue weighted by Gasteiger charge is 2.27. The molecule has 320 valence electrons. The van der Waals surface area contributed by atoms with E-state index in [0.29, 0.717) is 23.9 Å². The number of phosphoric ester groups is 1. The average Bonchev–Trinajstić information content (AvgIpc) is 3.12. The number of ether oxygens (including phenoxy) is 2. The molecule has 0 heterocycles. The molecule has 0 saturated heterocycles. The van der Waals surface area contributed by atoms with Gasteiger partial charge in [-0.1, -0.05) is 174 Å². The largest absolute Gasteiger partial charge is 0.472 e. The molecule has 0 amide bonds. The molecule has 0 aromatic rings. The number of phosphoric acid groups is 1. The quantitative estimate of drug-likeness (QED) is 0.0214. The van der Waals surface area contributed by atoms with Gasteiger partial charge in [0, 0.05) is 12.8 Å². The van der Waals surface area contributed by atoms with Gasteiger partial charge in [-0.05, 0) is 25.7 Å². The summed E-state index contributed by atoms with van der Waals surface area (Å²) in [5, 5.41) is 0. The van der Waals surface area contributed by atoms with E-state index >= 15 is 0 Å². The van der Waals surface area contributed by atoms with Crippen LogP contribution in [-0.2, 0) is 32.7 Å². The second-order valence-electron chi connectivity index (χ2n) is 16.5. The number of hydrogen-bond acceptors (Lipinski definition) is 7. The maximum Gasteiger partial charge on any atom is 0.472 e. The van der Waals surface area contributed by atoms with E-state index in [4.69, 9.17) is 18.5 Å². The number of hydrogen-bond donors (Lipinski definition) is 1. The van der Waals surface area contributed by atoms with E-state index in [-0.39, 0.29) is 25.6 Å². The number of carbonyl (C=O) groups is 2. The lowest BCUT2D eigenvalue weighted by molar-refractivity contribution is -0.870. The lowest BCUT2D eigenvalue weighted by Gasteiger charge is -2.24. The Morgan fingerprint density at radius 3 is 1.39 bits per heavy atom. The van der Waals surface area contributed by atoms with Crippen molar-refractivity contribution in [3.8, 4) is 0 Å². The highest BCUT2D eigenvalue weighted by molar-refractivity contribution is 7.47. The fraction of sp³-hybridized carbons (Fsp3) is 0.909. The second kappa shape index (κ2) is 37.3. The summed E-state index contributed by atoms with van der Waals surface area (Å²) in [6.07, 6.45) is 37.1. The van der Waals surface area contributed by atoms with Crippen molar-refractivity contribution in [2.75, 3.05) is 47.5 Å². The molecule has 0 saturated carbocycles. The topological polar surface area (TPSA) is 108 Å². The minimum atomic E-state index is -4.37. The Bertz CT molecular complexity index is 925. The van der Waals surface area contributed by atoms with Crippen LogP contribution in [0.4, 0.5) is 0 Å². The summed E-state index contributed by atoms with van der Waals surface area (Å²) in [7, 11) is 1.48. The molecule has 2 atom stereocenters. The first-order valence-electron chi connectivity index (χ1n) is 22.4. The number of esters is 2. The normalized spacial score (nSPS) is 13.4. The number of likely N-dealkylation sites (N-methyl/N-ethyl adjacent to an activating group) is 1. The van der Waals surface area contributed by atoms with Crippen molar-refractivity contribution >= 4 is 19.8 Å². The first-order chi connectivity index (χ1) is 26.0. The Labute approximate surface area is 333 Å². The fourth-order valence-electron chi connectivity index (χ4n) is 6.41. The molecule has 0 aliphatic rings. The standard InChI is InChI=1S/C44H86NO8P/c1-6-8-10-12-14-16-18-20-22-24-26-28-30-32-34-36-43(46)50-40-42(41-52-54(48,49)51-39-38-45(3,4)5)53-44(47)37-35-33-31-29-27-25-23-21-19-17-15-13-11-9-7-2/h7,42H,2,6,8-41H2,1,3-5H3/p+1/t42-/m1/s1. The Kier molecular flexibility index (Phi) is 36.5. The first kappa shape index (κ1) is 52.8. The maximum absolute atomic E-state index is 12.7. The van der Waals surface area contributed by atoms with Crippen LogP contribution in [0.2, 0.25) is 0 Å². The number of allylic oxidation sites excluding steroid dienone is 1. The minimum absolute atomic E-state index is 0.0344. The zero-order valence-electron chi connectivity index (χ0n) is 35.8. The van der Waals surface area contributed by atoms with Gasteiger partial charge in [-0.25, -0.2) is 4.57 Å². The van der Waals surface area contributed by atoms with Gasteiger partial charge in [-0.2, -0.15) is 0 Å². The van der Waals surface area contributed by atoms with Crippen molar-refractivity contribution in [2.24, 2.45) is 0 Å². The molecule has 0 aromatic heterocycles. The van der Waals surface area contributed by atoms with E-state index in [1.54, 1.807) is 0 Å². The second-order valence-corrected chi connectivity index (χ2v) is 18.0. The number of carbonyl (C=O) groups excluding carboxylic acids is 2. The summed E-state index contributed by atoms with van der Waals surface area (Å²) >= 11 is 0. The van der Waals surface area contributed by atoms with Gasteiger partial charge in [0.25, 0.3) is 0 Å². The summed E-state index contributed by atoms with van der Waals surface area (Å²) in [6, 6.07) is 0.